The number of aromatic amines is 1. The third kappa shape index (κ3) is 3.24. The minimum absolute atomic E-state index is 0.0544. The lowest BCUT2D eigenvalue weighted by Gasteiger charge is -2.50. The Kier molecular flexibility index (Phi) is 5.43. The van der Waals surface area contributed by atoms with Crippen LogP contribution in [0.4, 0.5) is 0 Å². The number of methoxy groups -OCH3 is 1. The second-order valence-electron chi connectivity index (χ2n) is 7.22. The van der Waals surface area contributed by atoms with E-state index in [1.165, 1.54) is 21.1 Å². The lowest BCUT2D eigenvalue weighted by molar-refractivity contribution is -0.158. The molecule has 168 valence electrons. The summed E-state index contributed by atoms with van der Waals surface area (Å²) in [7, 11) is -1.49. The van der Waals surface area contributed by atoms with Crippen LogP contribution in [0.15, 0.2) is 56.3 Å². The van der Waals surface area contributed by atoms with Crippen molar-refractivity contribution in [1.82, 2.24) is 19.7 Å². The smallest absolute Gasteiger partial charge is 0.339 e. The Morgan fingerprint density at radius 2 is 1.84 bits per heavy atom. The number of ether oxygens (including phenoxy) is 1. The van der Waals surface area contributed by atoms with E-state index >= 15 is 0 Å². The molecule has 0 saturated carbocycles. The maximum absolute atomic E-state index is 13.4. The Bertz CT molecular complexity index is 1380. The SMILES string of the molecule is COC1C(=O)N2C(C(=O)c3ccccc3)=C(C)C(Sc3nc(=O)c(=O)[nH]n3C)S(=O)(=O)C12. The number of fused-ring (bicyclic) bond motifs is 1. The van der Waals surface area contributed by atoms with E-state index in [-0.39, 0.29) is 22.0 Å². The van der Waals surface area contributed by atoms with E-state index in [1.54, 1.807) is 30.3 Å². The molecule has 2 aromatic rings. The largest absolute Gasteiger partial charge is 0.368 e. The van der Waals surface area contributed by atoms with E-state index in [4.69, 9.17) is 4.74 Å². The molecule has 0 aliphatic carbocycles. The molecule has 3 unspecified atom stereocenters. The summed E-state index contributed by atoms with van der Waals surface area (Å²) in [5, 5.41) is 0.791. The first-order valence-corrected chi connectivity index (χ1v) is 11.8. The number of H-pyrrole nitrogens is 1. The zero-order valence-electron chi connectivity index (χ0n) is 17.1. The number of amides is 1. The van der Waals surface area contributed by atoms with Crippen LogP contribution in [0, 0.1) is 0 Å². The standard InChI is InChI=1S/C19H18N4O7S2/c1-9-11(12(24)10-7-5-4-6-8-10)23-16(27)13(30-3)17(23)32(28,29)18(9)31-19-20-14(25)15(26)21-22(19)2/h4-8,13,17-18H,1-3H3,(H,21,26). The molecule has 1 fully saturated rings. The van der Waals surface area contributed by atoms with E-state index in [9.17, 15) is 27.6 Å². The summed E-state index contributed by atoms with van der Waals surface area (Å²) in [6.45, 7) is 1.44. The number of hydrogen-bond donors (Lipinski definition) is 1. The summed E-state index contributed by atoms with van der Waals surface area (Å²) in [6, 6.07) is 8.16. The number of carbonyl (C=O) groups excluding carboxylic acids is 2. The van der Waals surface area contributed by atoms with E-state index in [0.717, 1.165) is 9.58 Å². The Balaban J connectivity index is 1.89. The van der Waals surface area contributed by atoms with Crippen LogP contribution in [0.1, 0.15) is 17.3 Å². The Morgan fingerprint density at radius 3 is 2.47 bits per heavy atom. The van der Waals surface area contributed by atoms with Gasteiger partial charge in [0.05, 0.1) is 5.70 Å². The highest BCUT2D eigenvalue weighted by molar-refractivity contribution is 8.14. The number of benzene rings is 1. The Hall–Kier alpha value is -3.03. The first-order chi connectivity index (χ1) is 15.1. The van der Waals surface area contributed by atoms with Crippen molar-refractivity contribution in [2.24, 2.45) is 7.05 Å². The van der Waals surface area contributed by atoms with Crippen LogP contribution in [-0.4, -0.2) is 62.9 Å². The van der Waals surface area contributed by atoms with Crippen LogP contribution in [0.3, 0.4) is 0 Å². The molecule has 13 heteroatoms. The fourth-order valence-electron chi connectivity index (χ4n) is 3.72. The molecule has 0 bridgehead atoms. The molecular weight excluding hydrogens is 460 g/mol. The summed E-state index contributed by atoms with van der Waals surface area (Å²) in [4.78, 5) is 53.8. The predicted octanol–water partition coefficient (Wildman–Crippen LogP) is -0.345. The zero-order valence-corrected chi connectivity index (χ0v) is 18.8. The van der Waals surface area contributed by atoms with Gasteiger partial charge in [0.2, 0.25) is 5.78 Å². The lowest BCUT2D eigenvalue weighted by Crippen LogP contribution is -2.71. The van der Waals surface area contributed by atoms with Crippen molar-refractivity contribution in [2.75, 3.05) is 7.11 Å². The van der Waals surface area contributed by atoms with Crippen LogP contribution in [0.25, 0.3) is 0 Å². The number of allylic oxidation sites excluding steroid dienone is 1. The summed E-state index contributed by atoms with van der Waals surface area (Å²) in [5.74, 6) is -1.14. The average molecular weight is 479 g/mol. The molecule has 2 aliphatic heterocycles. The molecule has 1 amide bonds. The van der Waals surface area contributed by atoms with Gasteiger partial charge in [-0.25, -0.2) is 8.42 Å². The number of β-lactam (4-membered cyclic amide) rings is 1. The van der Waals surface area contributed by atoms with Crippen LogP contribution in [0.5, 0.6) is 0 Å². The maximum Gasteiger partial charge on any atom is 0.339 e. The van der Waals surface area contributed by atoms with E-state index < -0.39 is 48.7 Å². The van der Waals surface area contributed by atoms with Crippen LogP contribution >= 0.6 is 11.8 Å². The normalized spacial score (nSPS) is 24.2. The first-order valence-electron chi connectivity index (χ1n) is 9.32. The fourth-order valence-corrected chi connectivity index (χ4v) is 7.61. The molecule has 2 aliphatic rings. The van der Waals surface area contributed by atoms with Crippen LogP contribution < -0.4 is 11.1 Å². The van der Waals surface area contributed by atoms with Gasteiger partial charge in [0.1, 0.15) is 4.58 Å². The molecule has 0 radical (unpaired) electrons. The summed E-state index contributed by atoms with van der Waals surface area (Å²) in [5.41, 5.74) is -1.68. The number of sulfone groups is 1. The highest BCUT2D eigenvalue weighted by Gasteiger charge is 2.63. The molecule has 32 heavy (non-hydrogen) atoms. The van der Waals surface area contributed by atoms with Gasteiger partial charge in [-0.2, -0.15) is 4.98 Å². The van der Waals surface area contributed by atoms with Crippen molar-refractivity contribution in [2.45, 2.75) is 28.1 Å². The minimum Gasteiger partial charge on any atom is -0.368 e. The van der Waals surface area contributed by atoms with E-state index in [2.05, 4.69) is 10.1 Å². The summed E-state index contributed by atoms with van der Waals surface area (Å²) < 4.78 is 31.8. The number of aromatic nitrogens is 3. The molecule has 3 heterocycles. The number of thioether (sulfide) groups is 1. The van der Waals surface area contributed by atoms with E-state index in [1.807, 2.05) is 0 Å². The number of aryl methyl sites for hydroxylation is 1. The number of nitrogens with zero attached hydrogens (tertiary/aromatic N) is 3. The first kappa shape index (κ1) is 22.2. The van der Waals surface area contributed by atoms with Gasteiger partial charge in [0.15, 0.2) is 26.5 Å². The van der Waals surface area contributed by atoms with Gasteiger partial charge in [-0.15, -0.1) is 0 Å². The Morgan fingerprint density at radius 1 is 1.19 bits per heavy atom. The van der Waals surface area contributed by atoms with Gasteiger partial charge in [-0.1, -0.05) is 42.1 Å². The molecule has 0 spiro atoms. The summed E-state index contributed by atoms with van der Waals surface area (Å²) >= 11 is 0.689. The van der Waals surface area contributed by atoms with Gasteiger partial charge >= 0.3 is 11.1 Å². The minimum atomic E-state index is -4.11. The number of carbonyl (C=O) groups is 2. The van der Waals surface area contributed by atoms with Crippen molar-refractivity contribution < 1.29 is 22.7 Å². The van der Waals surface area contributed by atoms with Gasteiger partial charge in [-0.05, 0) is 12.5 Å². The van der Waals surface area contributed by atoms with Crippen molar-refractivity contribution >= 4 is 33.3 Å². The number of hydrogen-bond acceptors (Lipinski definition) is 9. The van der Waals surface area contributed by atoms with Gasteiger partial charge in [-0.3, -0.25) is 33.9 Å². The van der Waals surface area contributed by atoms with Crippen LogP contribution in [0.2, 0.25) is 0 Å². The number of nitrogens with one attached hydrogen (secondary N) is 1. The molecule has 11 nitrogen and oxygen atoms in total. The number of rotatable bonds is 5. The number of Topliss-reactive ketones (excluding diaryl/α,β-unsaturated/α-hetero) is 1. The van der Waals surface area contributed by atoms with Gasteiger partial charge in [0, 0.05) is 19.7 Å². The molecular formula is C19H18N4O7S2. The molecule has 1 aromatic carbocycles. The topological polar surface area (TPSA) is 148 Å². The highest BCUT2D eigenvalue weighted by atomic mass is 32.3. The van der Waals surface area contributed by atoms with Crippen molar-refractivity contribution in [1.29, 1.82) is 0 Å². The monoisotopic (exact) mass is 478 g/mol. The third-order valence-electron chi connectivity index (χ3n) is 5.26. The second kappa shape index (κ2) is 7.83. The van der Waals surface area contributed by atoms with Crippen molar-refractivity contribution in [3.63, 3.8) is 0 Å². The van der Waals surface area contributed by atoms with Gasteiger partial charge in [0.25, 0.3) is 5.91 Å². The number of ketones is 1. The van der Waals surface area contributed by atoms with Crippen molar-refractivity contribution in [3.8, 4) is 0 Å². The molecule has 1 aromatic heterocycles. The lowest BCUT2D eigenvalue weighted by atomic mass is 9.99. The quantitative estimate of drug-likeness (QED) is 0.346. The zero-order chi connectivity index (χ0) is 23.4. The molecule has 1 N–H and O–H groups in total. The molecule has 4 rings (SSSR count). The molecule has 3 atom stereocenters. The predicted molar refractivity (Wildman–Crippen MR) is 114 cm³/mol. The van der Waals surface area contributed by atoms with Crippen molar-refractivity contribution in [3.05, 3.63) is 67.9 Å². The maximum atomic E-state index is 13.4. The second-order valence-corrected chi connectivity index (χ2v) is 10.7. The van der Waals surface area contributed by atoms with Gasteiger partial charge < -0.3 is 4.74 Å². The average Bonchev–Trinajstić information content (AvgIpc) is 2.75. The van der Waals surface area contributed by atoms with Crippen LogP contribution in [-0.2, 0) is 26.4 Å². The molecule has 1 saturated heterocycles. The third-order valence-corrected chi connectivity index (χ3v) is 9.58. The summed E-state index contributed by atoms with van der Waals surface area (Å²) in [6.07, 6.45) is -1.26. The highest BCUT2D eigenvalue weighted by Crippen LogP contribution is 2.46. The van der Waals surface area contributed by atoms with E-state index in [0.29, 0.717) is 11.8 Å². The Labute approximate surface area is 186 Å². The fraction of sp³-hybridized carbons (Fsp3) is 0.316.